The maximum Gasteiger partial charge on any atom is 0.254 e. The summed E-state index contributed by atoms with van der Waals surface area (Å²) in [6.45, 7) is 3.12. The van der Waals surface area contributed by atoms with Crippen molar-refractivity contribution >= 4 is 5.91 Å². The Bertz CT molecular complexity index is 892. The molecule has 2 aromatic carbocycles. The molecule has 0 radical (unpaired) electrons. The zero-order valence-electron chi connectivity index (χ0n) is 15.4. The number of aromatic nitrogens is 3. The van der Waals surface area contributed by atoms with Crippen LogP contribution < -0.4 is 5.32 Å². The summed E-state index contributed by atoms with van der Waals surface area (Å²) < 4.78 is 15.6. The molecule has 0 unspecified atom stereocenters. The fourth-order valence-corrected chi connectivity index (χ4v) is 2.85. The first kappa shape index (κ1) is 18.8. The van der Waals surface area contributed by atoms with Crippen molar-refractivity contribution in [3.8, 4) is 0 Å². The lowest BCUT2D eigenvalue weighted by Crippen LogP contribution is -2.27. The molecule has 0 saturated heterocycles. The van der Waals surface area contributed by atoms with Crippen LogP contribution in [-0.2, 0) is 25.8 Å². The Kier molecular flexibility index (Phi) is 6.30. The van der Waals surface area contributed by atoms with E-state index in [0.717, 1.165) is 31.0 Å². The number of nitrogens with zero attached hydrogens (tertiary/aromatic N) is 3. The summed E-state index contributed by atoms with van der Waals surface area (Å²) in [5, 5.41) is 7.30. The van der Waals surface area contributed by atoms with Crippen LogP contribution in [-0.4, -0.2) is 27.2 Å². The fourth-order valence-electron chi connectivity index (χ4n) is 2.85. The molecule has 5 nitrogen and oxygen atoms in total. The van der Waals surface area contributed by atoms with Gasteiger partial charge in [0.2, 0.25) is 0 Å². The first-order chi connectivity index (χ1) is 13.2. The highest BCUT2D eigenvalue weighted by Crippen LogP contribution is 2.07. The summed E-state index contributed by atoms with van der Waals surface area (Å²) in [6.07, 6.45) is 2.16. The molecule has 0 spiro atoms. The van der Waals surface area contributed by atoms with Crippen LogP contribution in [0, 0.1) is 5.82 Å². The average molecular weight is 366 g/mol. The summed E-state index contributed by atoms with van der Waals surface area (Å²) in [5.74, 6) is 0.684. The van der Waals surface area contributed by atoms with Crippen LogP contribution in [0.1, 0.15) is 34.5 Å². The van der Waals surface area contributed by atoms with Crippen LogP contribution in [0.2, 0.25) is 0 Å². The van der Waals surface area contributed by atoms with Crippen molar-refractivity contribution in [2.45, 2.75) is 32.7 Å². The highest BCUT2D eigenvalue weighted by Gasteiger charge is 2.12. The number of aryl methyl sites for hydroxylation is 3. The van der Waals surface area contributed by atoms with E-state index in [1.54, 1.807) is 12.1 Å². The molecule has 3 aromatic rings. The second-order valence-electron chi connectivity index (χ2n) is 6.24. The summed E-state index contributed by atoms with van der Waals surface area (Å²) in [5.41, 5.74) is 1.29. The molecule has 0 aliphatic rings. The number of amides is 1. The third-order valence-electron chi connectivity index (χ3n) is 4.32. The molecule has 0 aliphatic heterocycles. The lowest BCUT2D eigenvalue weighted by Gasteiger charge is -2.08. The third kappa shape index (κ3) is 5.00. The van der Waals surface area contributed by atoms with Crippen molar-refractivity contribution in [1.82, 2.24) is 20.1 Å². The topological polar surface area (TPSA) is 59.8 Å². The molecule has 140 valence electrons. The van der Waals surface area contributed by atoms with Gasteiger partial charge in [0.05, 0.1) is 5.56 Å². The normalized spacial score (nSPS) is 10.7. The van der Waals surface area contributed by atoms with Gasteiger partial charge in [0.1, 0.15) is 11.6 Å². The number of nitrogens with one attached hydrogen (secondary N) is 1. The van der Waals surface area contributed by atoms with E-state index in [4.69, 9.17) is 0 Å². The zero-order chi connectivity index (χ0) is 19.1. The molecule has 1 N–H and O–H groups in total. The van der Waals surface area contributed by atoms with Gasteiger partial charge in [-0.3, -0.25) is 4.79 Å². The van der Waals surface area contributed by atoms with Gasteiger partial charge in [0, 0.05) is 25.9 Å². The van der Waals surface area contributed by atoms with Gasteiger partial charge < -0.3 is 5.32 Å². The van der Waals surface area contributed by atoms with Crippen molar-refractivity contribution in [3.05, 3.63) is 83.2 Å². The molecule has 0 saturated carbocycles. The van der Waals surface area contributed by atoms with E-state index >= 15 is 0 Å². The second-order valence-corrected chi connectivity index (χ2v) is 6.24. The number of halogens is 1. The maximum atomic E-state index is 13.7. The molecule has 1 heterocycles. The average Bonchev–Trinajstić information content (AvgIpc) is 3.09. The van der Waals surface area contributed by atoms with Gasteiger partial charge in [-0.1, -0.05) is 49.4 Å². The van der Waals surface area contributed by atoms with Gasteiger partial charge in [-0.15, -0.1) is 0 Å². The van der Waals surface area contributed by atoms with Crippen molar-refractivity contribution in [3.63, 3.8) is 0 Å². The second kappa shape index (κ2) is 9.07. The van der Waals surface area contributed by atoms with Crippen LogP contribution in [0.15, 0.2) is 54.6 Å². The predicted octanol–water partition coefficient (Wildman–Crippen LogP) is 3.19. The predicted molar refractivity (Wildman–Crippen MR) is 102 cm³/mol. The molecule has 3 rings (SSSR count). The number of benzene rings is 2. The quantitative estimate of drug-likeness (QED) is 0.666. The Morgan fingerprint density at radius 3 is 2.56 bits per heavy atom. The summed E-state index contributed by atoms with van der Waals surface area (Å²) in [6, 6.07) is 16.2. The Balaban J connectivity index is 1.60. The van der Waals surface area contributed by atoms with Crippen LogP contribution in [0.3, 0.4) is 0 Å². The van der Waals surface area contributed by atoms with E-state index in [2.05, 4.69) is 27.5 Å². The van der Waals surface area contributed by atoms with Gasteiger partial charge in [-0.2, -0.15) is 5.10 Å². The van der Waals surface area contributed by atoms with E-state index in [1.807, 2.05) is 29.8 Å². The third-order valence-corrected chi connectivity index (χ3v) is 4.32. The van der Waals surface area contributed by atoms with Gasteiger partial charge >= 0.3 is 0 Å². The standard InChI is InChI=1S/C21H23FN4O/c1-2-19-24-20(26(25-19)15-13-16-8-4-3-5-9-16)12-14-23-21(27)17-10-6-7-11-18(17)22/h3-11H,2,12-15H2,1H3,(H,23,27). The minimum Gasteiger partial charge on any atom is -0.351 e. The summed E-state index contributed by atoms with van der Waals surface area (Å²) >= 11 is 0. The lowest BCUT2D eigenvalue weighted by atomic mass is 10.1. The monoisotopic (exact) mass is 366 g/mol. The highest BCUT2D eigenvalue weighted by molar-refractivity contribution is 5.94. The molecule has 1 amide bonds. The fraction of sp³-hybridized carbons (Fsp3) is 0.286. The minimum absolute atomic E-state index is 0.0530. The van der Waals surface area contributed by atoms with E-state index in [1.165, 1.54) is 17.7 Å². The van der Waals surface area contributed by atoms with Gasteiger partial charge in [0.25, 0.3) is 5.91 Å². The molecule has 1 aromatic heterocycles. The van der Waals surface area contributed by atoms with Crippen LogP contribution in [0.5, 0.6) is 0 Å². The maximum absolute atomic E-state index is 13.7. The van der Waals surface area contributed by atoms with Gasteiger partial charge in [-0.05, 0) is 24.1 Å². The minimum atomic E-state index is -0.519. The number of hydrogen-bond donors (Lipinski definition) is 1. The van der Waals surface area contributed by atoms with Crippen molar-refractivity contribution < 1.29 is 9.18 Å². The zero-order valence-corrected chi connectivity index (χ0v) is 15.4. The van der Waals surface area contributed by atoms with Crippen LogP contribution >= 0.6 is 0 Å². The molecular weight excluding hydrogens is 343 g/mol. The van der Waals surface area contributed by atoms with Crippen LogP contribution in [0.25, 0.3) is 0 Å². The van der Waals surface area contributed by atoms with Gasteiger partial charge in [0.15, 0.2) is 5.82 Å². The largest absolute Gasteiger partial charge is 0.351 e. The number of carbonyl (C=O) groups is 1. The molecular formula is C21H23FN4O. The number of carbonyl (C=O) groups excluding carboxylic acids is 1. The summed E-state index contributed by atoms with van der Waals surface area (Å²) in [7, 11) is 0. The molecule has 0 atom stereocenters. The van der Waals surface area contributed by atoms with E-state index in [9.17, 15) is 9.18 Å². The Morgan fingerprint density at radius 2 is 1.81 bits per heavy atom. The number of rotatable bonds is 8. The van der Waals surface area contributed by atoms with Crippen molar-refractivity contribution in [1.29, 1.82) is 0 Å². The van der Waals surface area contributed by atoms with Crippen molar-refractivity contribution in [2.75, 3.05) is 6.54 Å². The molecule has 6 heteroatoms. The lowest BCUT2D eigenvalue weighted by molar-refractivity contribution is 0.0950. The molecule has 0 aliphatic carbocycles. The van der Waals surface area contributed by atoms with Gasteiger partial charge in [-0.25, -0.2) is 14.1 Å². The molecule has 0 fully saturated rings. The first-order valence-electron chi connectivity index (χ1n) is 9.16. The molecule has 0 bridgehead atoms. The highest BCUT2D eigenvalue weighted by atomic mass is 19.1. The van der Waals surface area contributed by atoms with E-state index < -0.39 is 11.7 Å². The smallest absolute Gasteiger partial charge is 0.254 e. The Hall–Kier alpha value is -3.02. The summed E-state index contributed by atoms with van der Waals surface area (Å²) in [4.78, 5) is 16.7. The van der Waals surface area contributed by atoms with E-state index in [0.29, 0.717) is 13.0 Å². The SMILES string of the molecule is CCc1nc(CCNC(=O)c2ccccc2F)n(CCc2ccccc2)n1. The Morgan fingerprint density at radius 1 is 1.07 bits per heavy atom. The van der Waals surface area contributed by atoms with Crippen LogP contribution in [0.4, 0.5) is 4.39 Å². The molecule has 27 heavy (non-hydrogen) atoms. The first-order valence-corrected chi connectivity index (χ1v) is 9.16. The van der Waals surface area contributed by atoms with Crippen molar-refractivity contribution in [2.24, 2.45) is 0 Å². The Labute approximate surface area is 158 Å². The number of hydrogen-bond acceptors (Lipinski definition) is 3. The van der Waals surface area contributed by atoms with E-state index in [-0.39, 0.29) is 5.56 Å².